The van der Waals surface area contributed by atoms with Gasteiger partial charge in [0.05, 0.1) is 30.5 Å². The average Bonchev–Trinajstić information content (AvgIpc) is 2.74. The molecule has 1 heterocycles. The van der Waals surface area contributed by atoms with Crippen LogP contribution in [0.1, 0.15) is 12.2 Å². The number of ether oxygens (including phenoxy) is 1. The molecule has 0 saturated carbocycles. The van der Waals surface area contributed by atoms with E-state index in [0.29, 0.717) is 11.3 Å². The van der Waals surface area contributed by atoms with Gasteiger partial charge in [0.15, 0.2) is 0 Å². The van der Waals surface area contributed by atoms with Crippen LogP contribution in [0.3, 0.4) is 0 Å². The van der Waals surface area contributed by atoms with E-state index in [1.165, 1.54) is 0 Å². The summed E-state index contributed by atoms with van der Waals surface area (Å²) in [6.07, 6.45) is -5.54. The first-order valence-electron chi connectivity index (χ1n) is 6.36. The Kier molecular flexibility index (Phi) is 4.20. The minimum atomic E-state index is -4.48. The molecule has 0 aliphatic carbocycles. The van der Waals surface area contributed by atoms with E-state index >= 15 is 0 Å². The number of methoxy groups -OCH3 is 1. The van der Waals surface area contributed by atoms with Gasteiger partial charge in [-0.25, -0.2) is 4.98 Å². The van der Waals surface area contributed by atoms with Crippen molar-refractivity contribution in [3.05, 3.63) is 30.1 Å². The molecule has 7 heteroatoms. The van der Waals surface area contributed by atoms with Gasteiger partial charge < -0.3 is 9.30 Å². The van der Waals surface area contributed by atoms with E-state index in [0.717, 1.165) is 12.6 Å². The number of carbonyl (C=O) groups is 1. The summed E-state index contributed by atoms with van der Waals surface area (Å²) < 4.78 is 45.1. The van der Waals surface area contributed by atoms with E-state index in [4.69, 9.17) is 0 Å². The fourth-order valence-electron chi connectivity index (χ4n) is 2.19. The quantitative estimate of drug-likeness (QED) is 0.816. The molecule has 2 rings (SSSR count). The van der Waals surface area contributed by atoms with Gasteiger partial charge in [0.1, 0.15) is 5.82 Å². The number of esters is 1. The number of carbonyl (C=O) groups excluding carboxylic acids is 1. The predicted molar refractivity (Wildman–Crippen MR) is 70.6 cm³/mol. The fourth-order valence-corrected chi connectivity index (χ4v) is 2.19. The number of hydrogen-bond acceptors (Lipinski definition) is 3. The van der Waals surface area contributed by atoms with Gasteiger partial charge in [-0.1, -0.05) is 12.1 Å². The van der Waals surface area contributed by atoms with Crippen molar-refractivity contribution in [2.24, 2.45) is 13.0 Å². The lowest BCUT2D eigenvalue weighted by Gasteiger charge is -2.18. The summed E-state index contributed by atoms with van der Waals surface area (Å²) in [7, 11) is 2.74. The largest absolute Gasteiger partial charge is 0.469 e. The van der Waals surface area contributed by atoms with Crippen LogP contribution in [0.5, 0.6) is 0 Å². The molecule has 0 aliphatic heterocycles. The summed E-state index contributed by atoms with van der Waals surface area (Å²) in [5, 5.41) is 0. The van der Waals surface area contributed by atoms with E-state index in [9.17, 15) is 18.0 Å². The molecule has 1 aromatic carbocycles. The Balaban J connectivity index is 2.30. The molecule has 0 N–H and O–H groups in total. The van der Waals surface area contributed by atoms with Gasteiger partial charge in [0.2, 0.25) is 0 Å². The van der Waals surface area contributed by atoms with Crippen LogP contribution in [0.4, 0.5) is 13.2 Å². The molecule has 0 aliphatic rings. The number of rotatable bonds is 4. The van der Waals surface area contributed by atoms with Crippen molar-refractivity contribution in [3.8, 4) is 0 Å². The van der Waals surface area contributed by atoms with E-state index in [1.54, 1.807) is 35.9 Å². The van der Waals surface area contributed by atoms with Crippen LogP contribution in [-0.2, 0) is 23.0 Å². The number of aryl methyl sites for hydroxylation is 1. The number of aromatic nitrogens is 2. The Bertz CT molecular complexity index is 649. The Hall–Kier alpha value is -2.05. The van der Waals surface area contributed by atoms with Crippen molar-refractivity contribution in [2.45, 2.75) is 19.0 Å². The average molecular weight is 300 g/mol. The molecular formula is C14H15F3N2O2. The maximum absolute atomic E-state index is 13.0. The highest BCUT2D eigenvalue weighted by Gasteiger charge is 2.41. The number of imidazole rings is 1. The van der Waals surface area contributed by atoms with Gasteiger partial charge in [-0.15, -0.1) is 0 Å². The van der Waals surface area contributed by atoms with Gasteiger partial charge in [0.25, 0.3) is 0 Å². The molecule has 0 spiro atoms. The highest BCUT2D eigenvalue weighted by Crippen LogP contribution is 2.32. The summed E-state index contributed by atoms with van der Waals surface area (Å²) in [5.41, 5.74) is 1.39. The maximum Gasteiger partial charge on any atom is 0.392 e. The van der Waals surface area contributed by atoms with Crippen LogP contribution < -0.4 is 0 Å². The first kappa shape index (κ1) is 15.3. The smallest absolute Gasteiger partial charge is 0.392 e. The lowest BCUT2D eigenvalue weighted by molar-refractivity contribution is -0.183. The zero-order valence-electron chi connectivity index (χ0n) is 11.6. The van der Waals surface area contributed by atoms with Crippen LogP contribution >= 0.6 is 0 Å². The zero-order valence-corrected chi connectivity index (χ0v) is 11.6. The summed E-state index contributed by atoms with van der Waals surface area (Å²) in [4.78, 5) is 15.4. The molecule has 114 valence electrons. The third kappa shape index (κ3) is 3.34. The van der Waals surface area contributed by atoms with Crippen LogP contribution in [0.2, 0.25) is 0 Å². The SMILES string of the molecule is COC(=O)C[C@@H](Cc1nc2ccccc2n1C)C(F)(F)F. The van der Waals surface area contributed by atoms with Gasteiger partial charge >= 0.3 is 12.1 Å². The minimum absolute atomic E-state index is 0.294. The fraction of sp³-hybridized carbons (Fsp3) is 0.429. The molecule has 0 saturated heterocycles. The first-order chi connectivity index (χ1) is 9.82. The number of hydrogen-bond donors (Lipinski definition) is 0. The third-order valence-corrected chi connectivity index (χ3v) is 3.41. The summed E-state index contributed by atoms with van der Waals surface area (Å²) in [6.45, 7) is 0. The van der Waals surface area contributed by atoms with E-state index in [-0.39, 0.29) is 6.42 Å². The summed E-state index contributed by atoms with van der Waals surface area (Å²) in [5.74, 6) is -2.39. The lowest BCUT2D eigenvalue weighted by Crippen LogP contribution is -2.29. The van der Waals surface area contributed by atoms with Crippen LogP contribution in [-0.4, -0.2) is 28.8 Å². The molecule has 0 radical (unpaired) electrons. The second kappa shape index (κ2) is 5.75. The zero-order chi connectivity index (χ0) is 15.6. The van der Waals surface area contributed by atoms with Crippen LogP contribution in [0.15, 0.2) is 24.3 Å². The van der Waals surface area contributed by atoms with Crippen LogP contribution in [0.25, 0.3) is 11.0 Å². The van der Waals surface area contributed by atoms with E-state index in [1.807, 2.05) is 0 Å². The Morgan fingerprint density at radius 1 is 1.38 bits per heavy atom. The molecule has 2 aromatic rings. The monoisotopic (exact) mass is 300 g/mol. The van der Waals surface area contributed by atoms with Gasteiger partial charge in [-0.05, 0) is 12.1 Å². The normalized spacial score (nSPS) is 13.4. The number of halogens is 3. The molecule has 21 heavy (non-hydrogen) atoms. The van der Waals surface area contributed by atoms with Crippen molar-refractivity contribution in [3.63, 3.8) is 0 Å². The third-order valence-electron chi connectivity index (χ3n) is 3.41. The Labute approximate surface area is 119 Å². The molecule has 0 fully saturated rings. The van der Waals surface area contributed by atoms with E-state index < -0.39 is 24.5 Å². The highest BCUT2D eigenvalue weighted by atomic mass is 19.4. The molecule has 0 amide bonds. The summed E-state index contributed by atoms with van der Waals surface area (Å²) in [6, 6.07) is 7.09. The van der Waals surface area contributed by atoms with E-state index in [2.05, 4.69) is 9.72 Å². The topological polar surface area (TPSA) is 44.1 Å². The number of alkyl halides is 3. The molecule has 1 atom stereocenters. The maximum atomic E-state index is 13.0. The van der Waals surface area contributed by atoms with Gasteiger partial charge in [0, 0.05) is 13.5 Å². The molecule has 1 aromatic heterocycles. The Morgan fingerprint density at radius 2 is 2.05 bits per heavy atom. The van der Waals surface area contributed by atoms with Crippen molar-refractivity contribution >= 4 is 17.0 Å². The van der Waals surface area contributed by atoms with Gasteiger partial charge in [-0.2, -0.15) is 13.2 Å². The molecule has 4 nitrogen and oxygen atoms in total. The number of benzene rings is 1. The number of fused-ring (bicyclic) bond motifs is 1. The van der Waals surface area contributed by atoms with Crippen molar-refractivity contribution in [1.82, 2.24) is 9.55 Å². The molecule has 0 unspecified atom stereocenters. The van der Waals surface area contributed by atoms with Crippen LogP contribution in [0, 0.1) is 5.92 Å². The predicted octanol–water partition coefficient (Wildman–Crippen LogP) is 2.86. The van der Waals surface area contributed by atoms with Crippen molar-refractivity contribution in [1.29, 1.82) is 0 Å². The second-order valence-corrected chi connectivity index (χ2v) is 4.80. The number of nitrogens with zero attached hydrogens (tertiary/aromatic N) is 2. The van der Waals surface area contributed by atoms with Gasteiger partial charge in [-0.3, -0.25) is 4.79 Å². The standard InChI is InChI=1S/C14H15F3N2O2/c1-19-11-6-4-3-5-10(11)18-12(19)7-9(14(15,16)17)8-13(20)21-2/h3-6,9H,7-8H2,1-2H3/t9-/m1/s1. The Morgan fingerprint density at radius 3 is 2.62 bits per heavy atom. The number of para-hydroxylation sites is 2. The highest BCUT2D eigenvalue weighted by molar-refractivity contribution is 5.75. The summed E-state index contributed by atoms with van der Waals surface area (Å²) >= 11 is 0. The first-order valence-corrected chi connectivity index (χ1v) is 6.36. The lowest BCUT2D eigenvalue weighted by atomic mass is 10.0. The molecule has 0 bridgehead atoms. The minimum Gasteiger partial charge on any atom is -0.469 e. The van der Waals surface area contributed by atoms with Crippen molar-refractivity contribution < 1.29 is 22.7 Å². The molecular weight excluding hydrogens is 285 g/mol. The van der Waals surface area contributed by atoms with Crippen molar-refractivity contribution in [2.75, 3.05) is 7.11 Å². The second-order valence-electron chi connectivity index (χ2n) is 4.80.